The molecule has 4 rings (SSSR count). The van der Waals surface area contributed by atoms with Crippen LogP contribution in [0.5, 0.6) is 0 Å². The smallest absolute Gasteiger partial charge is 0.193 e. The summed E-state index contributed by atoms with van der Waals surface area (Å²) in [4.78, 5) is 14.3. The first-order chi connectivity index (χ1) is 12.6. The van der Waals surface area contributed by atoms with Crippen LogP contribution in [0, 0.1) is 0 Å². The maximum absolute atomic E-state index is 13.2. The van der Waals surface area contributed by atoms with E-state index in [-0.39, 0.29) is 16.8 Å². The number of thioether (sulfide) groups is 1. The molecule has 2 aromatic carbocycles. The van der Waals surface area contributed by atoms with Crippen LogP contribution in [0.3, 0.4) is 0 Å². The fraction of sp³-hybridized carbons (Fsp3) is 0.136. The lowest BCUT2D eigenvalue weighted by molar-refractivity contribution is 0.103. The lowest BCUT2D eigenvalue weighted by Gasteiger charge is -2.18. The number of aliphatic hydroxyl groups is 1. The summed E-state index contributed by atoms with van der Waals surface area (Å²) >= 11 is 1.64. The van der Waals surface area contributed by atoms with E-state index in [1.807, 2.05) is 55.5 Å². The number of hydrogen-bond acceptors (Lipinski definition) is 4. The van der Waals surface area contributed by atoms with Crippen molar-refractivity contribution in [3.8, 4) is 0 Å². The van der Waals surface area contributed by atoms with Crippen molar-refractivity contribution in [1.82, 2.24) is 0 Å². The number of nitrogens with one attached hydrogen (secondary N) is 1. The number of hydrogen-bond donors (Lipinski definition) is 2. The van der Waals surface area contributed by atoms with Crippen molar-refractivity contribution >= 4 is 28.9 Å². The Bertz CT molecular complexity index is 997. The van der Waals surface area contributed by atoms with Crippen LogP contribution < -0.4 is 5.32 Å². The normalized spacial score (nSPS) is 19.5. The zero-order valence-electron chi connectivity index (χ0n) is 14.6. The molecule has 2 aliphatic rings. The van der Waals surface area contributed by atoms with E-state index in [1.165, 1.54) is 0 Å². The summed E-state index contributed by atoms with van der Waals surface area (Å²) in [6, 6.07) is 15.8. The second-order valence-electron chi connectivity index (χ2n) is 6.36. The molecule has 1 aliphatic carbocycles. The highest BCUT2D eigenvalue weighted by Gasteiger charge is 2.38. The Hall–Kier alpha value is -2.72. The van der Waals surface area contributed by atoms with Crippen LogP contribution in [0.15, 0.2) is 82.5 Å². The van der Waals surface area contributed by atoms with Gasteiger partial charge in [-0.1, -0.05) is 42.5 Å². The number of benzene rings is 2. The Labute approximate surface area is 157 Å². The van der Waals surface area contributed by atoms with Crippen molar-refractivity contribution in [3.63, 3.8) is 0 Å². The molecular weight excluding hydrogens is 342 g/mol. The summed E-state index contributed by atoms with van der Waals surface area (Å²) in [5, 5.41) is 13.1. The molecule has 0 spiro atoms. The lowest BCUT2D eigenvalue weighted by Crippen LogP contribution is -2.15. The second-order valence-corrected chi connectivity index (χ2v) is 7.50. The highest BCUT2D eigenvalue weighted by atomic mass is 32.2. The molecule has 1 aliphatic heterocycles. The number of aliphatic hydroxyl groups excluding tert-OH is 1. The van der Waals surface area contributed by atoms with E-state index in [0.29, 0.717) is 0 Å². The summed E-state index contributed by atoms with van der Waals surface area (Å²) in [6.07, 6.45) is 3.71. The molecule has 1 unspecified atom stereocenters. The van der Waals surface area contributed by atoms with E-state index in [9.17, 15) is 9.90 Å². The number of allylic oxidation sites excluding steroid dienone is 3. The molecule has 1 heterocycles. The minimum Gasteiger partial charge on any atom is -0.513 e. The fourth-order valence-corrected chi connectivity index (χ4v) is 4.81. The predicted octanol–water partition coefficient (Wildman–Crippen LogP) is 5.59. The highest BCUT2D eigenvalue weighted by Crippen LogP contribution is 2.48. The van der Waals surface area contributed by atoms with E-state index in [0.717, 1.165) is 38.6 Å². The zero-order chi connectivity index (χ0) is 18.3. The molecule has 0 saturated carbocycles. The summed E-state index contributed by atoms with van der Waals surface area (Å²) in [7, 11) is 0. The number of ketones is 1. The largest absolute Gasteiger partial charge is 0.513 e. The van der Waals surface area contributed by atoms with Gasteiger partial charge in [0, 0.05) is 21.6 Å². The quantitative estimate of drug-likeness (QED) is 0.541. The molecule has 0 radical (unpaired) electrons. The van der Waals surface area contributed by atoms with Gasteiger partial charge in [0.05, 0.1) is 22.4 Å². The van der Waals surface area contributed by atoms with Gasteiger partial charge in [0.15, 0.2) is 5.78 Å². The average Bonchev–Trinajstić information content (AvgIpc) is 2.81. The lowest BCUT2D eigenvalue weighted by atomic mass is 10.00. The SMILES string of the molecule is C/C=C(\C=C(/C)O)C1Sc2ccccc2NC2=C1C(=O)c1ccccc12. The van der Waals surface area contributed by atoms with Crippen molar-refractivity contribution < 1.29 is 9.90 Å². The van der Waals surface area contributed by atoms with Crippen molar-refractivity contribution in [2.75, 3.05) is 5.32 Å². The molecule has 130 valence electrons. The predicted molar refractivity (Wildman–Crippen MR) is 108 cm³/mol. The van der Waals surface area contributed by atoms with Gasteiger partial charge in [0.2, 0.25) is 0 Å². The first-order valence-corrected chi connectivity index (χ1v) is 9.42. The van der Waals surface area contributed by atoms with Gasteiger partial charge in [0.25, 0.3) is 0 Å². The maximum atomic E-state index is 13.2. The van der Waals surface area contributed by atoms with Gasteiger partial charge in [-0.25, -0.2) is 0 Å². The third-order valence-corrected chi connectivity index (χ3v) is 5.97. The summed E-state index contributed by atoms with van der Waals surface area (Å²) in [5.41, 5.74) is 5.21. The number of anilines is 1. The van der Waals surface area contributed by atoms with Crippen LogP contribution in [0.1, 0.15) is 29.8 Å². The van der Waals surface area contributed by atoms with E-state index in [2.05, 4.69) is 11.4 Å². The zero-order valence-corrected chi connectivity index (χ0v) is 15.4. The monoisotopic (exact) mass is 361 g/mol. The molecule has 3 nitrogen and oxygen atoms in total. The molecule has 2 N–H and O–H groups in total. The molecule has 0 saturated heterocycles. The van der Waals surface area contributed by atoms with E-state index < -0.39 is 0 Å². The third kappa shape index (κ3) is 2.67. The van der Waals surface area contributed by atoms with Crippen LogP contribution in [0.4, 0.5) is 5.69 Å². The number of carbonyl (C=O) groups excluding carboxylic acids is 1. The van der Waals surface area contributed by atoms with E-state index >= 15 is 0 Å². The first-order valence-electron chi connectivity index (χ1n) is 8.54. The van der Waals surface area contributed by atoms with Crippen molar-refractivity contribution in [1.29, 1.82) is 0 Å². The van der Waals surface area contributed by atoms with Gasteiger partial charge in [0.1, 0.15) is 0 Å². The Balaban J connectivity index is 1.95. The molecule has 0 fully saturated rings. The number of para-hydroxylation sites is 1. The first kappa shape index (κ1) is 16.7. The van der Waals surface area contributed by atoms with Crippen LogP contribution >= 0.6 is 11.8 Å². The number of Topliss-reactive ketones (excluding diaryl/α,β-unsaturated/α-hetero) is 1. The Morgan fingerprint density at radius 3 is 2.54 bits per heavy atom. The van der Waals surface area contributed by atoms with Gasteiger partial charge in [-0.3, -0.25) is 4.79 Å². The summed E-state index contributed by atoms with van der Waals surface area (Å²) in [6.45, 7) is 3.59. The highest BCUT2D eigenvalue weighted by molar-refractivity contribution is 8.00. The van der Waals surface area contributed by atoms with Gasteiger partial charge >= 0.3 is 0 Å². The van der Waals surface area contributed by atoms with Crippen LogP contribution in [-0.2, 0) is 0 Å². The van der Waals surface area contributed by atoms with Crippen molar-refractivity contribution in [3.05, 3.63) is 88.7 Å². The van der Waals surface area contributed by atoms with E-state index in [1.54, 1.807) is 24.8 Å². The van der Waals surface area contributed by atoms with Gasteiger partial charge in [-0.05, 0) is 37.6 Å². The topological polar surface area (TPSA) is 49.3 Å². The summed E-state index contributed by atoms with van der Waals surface area (Å²) in [5.74, 6) is 0.283. The van der Waals surface area contributed by atoms with Crippen molar-refractivity contribution in [2.24, 2.45) is 0 Å². The van der Waals surface area contributed by atoms with Gasteiger partial charge < -0.3 is 10.4 Å². The third-order valence-electron chi connectivity index (χ3n) is 4.62. The standard InChI is InChI=1S/C22H19NO2S/c1-3-14(12-13(2)24)22-19-20(15-8-4-5-9-16(15)21(19)25)23-17-10-6-7-11-18(17)26-22/h3-12,22-24H,1-2H3/b13-12+,14-3+. The molecule has 0 bridgehead atoms. The number of rotatable bonds is 2. The summed E-state index contributed by atoms with van der Waals surface area (Å²) < 4.78 is 0. The molecule has 2 aromatic rings. The van der Waals surface area contributed by atoms with Crippen LogP contribution in [-0.4, -0.2) is 16.1 Å². The molecule has 26 heavy (non-hydrogen) atoms. The molecular formula is C22H19NO2S. The maximum Gasteiger partial charge on any atom is 0.193 e. The number of carbonyl (C=O) groups is 1. The van der Waals surface area contributed by atoms with Crippen molar-refractivity contribution in [2.45, 2.75) is 24.0 Å². The molecule has 1 atom stereocenters. The Morgan fingerprint density at radius 2 is 1.81 bits per heavy atom. The second kappa shape index (κ2) is 6.54. The minimum atomic E-state index is -0.187. The number of fused-ring (bicyclic) bond motifs is 3. The van der Waals surface area contributed by atoms with Gasteiger partial charge in [-0.2, -0.15) is 0 Å². The molecule has 0 amide bonds. The molecule has 0 aromatic heterocycles. The molecule has 4 heteroatoms. The Kier molecular flexibility index (Phi) is 4.21. The van der Waals surface area contributed by atoms with Crippen LogP contribution in [0.25, 0.3) is 5.70 Å². The average molecular weight is 361 g/mol. The minimum absolute atomic E-state index is 0.0525. The Morgan fingerprint density at radius 1 is 1.12 bits per heavy atom. The van der Waals surface area contributed by atoms with Gasteiger partial charge in [-0.15, -0.1) is 11.8 Å². The van der Waals surface area contributed by atoms with E-state index in [4.69, 9.17) is 0 Å². The fourth-order valence-electron chi connectivity index (χ4n) is 3.47. The van der Waals surface area contributed by atoms with Crippen LogP contribution in [0.2, 0.25) is 0 Å².